The molecule has 0 bridgehead atoms. The first-order chi connectivity index (χ1) is 53.3. The highest BCUT2D eigenvalue weighted by molar-refractivity contribution is 5.93. The Kier molecular flexibility index (Phi) is 20.7. The number of hydrogen-bond acceptors (Lipinski definition) is 13. The number of primary amides is 1. The third-order valence-corrected chi connectivity index (χ3v) is 19.2. The average molecular weight is 1460 g/mol. The fraction of sp³-hybridized carbons (Fsp3) is 0.198. The first-order valence-electron chi connectivity index (χ1n) is 37.3. The van der Waals surface area contributed by atoms with Crippen LogP contribution in [0, 0.1) is 0 Å². The number of nitrogen functional groups attached to an aromatic ring is 1. The number of carbonyl (C=O) groups is 1. The van der Waals surface area contributed by atoms with Crippen molar-refractivity contribution >= 4 is 34.3 Å². The summed E-state index contributed by atoms with van der Waals surface area (Å²) in [5, 5.41) is 4.51. The Labute approximate surface area is 639 Å². The van der Waals surface area contributed by atoms with E-state index in [2.05, 4.69) is 168 Å². The molecule has 10 aromatic heterocycles. The summed E-state index contributed by atoms with van der Waals surface area (Å²) in [4.78, 5) is 33.6. The maximum atomic E-state index is 11.3. The van der Waals surface area contributed by atoms with E-state index in [1.807, 2.05) is 196 Å². The molecule has 0 aliphatic heterocycles. The first-order valence-corrected chi connectivity index (χ1v) is 37.3. The maximum Gasteiger partial charge on any atom is 0.248 e. The van der Waals surface area contributed by atoms with Gasteiger partial charge in [-0.3, -0.25) is 27.1 Å². The largest absolute Gasteiger partial charge is 0.491 e. The van der Waals surface area contributed by atoms with E-state index >= 15 is 0 Å². The van der Waals surface area contributed by atoms with Crippen molar-refractivity contribution in [2.75, 3.05) is 5.73 Å². The molecule has 0 atom stereocenters. The summed E-state index contributed by atoms with van der Waals surface area (Å²) in [7, 11) is 0. The molecule has 0 spiro atoms. The summed E-state index contributed by atoms with van der Waals surface area (Å²) in [6, 6.07) is 69.2. The fourth-order valence-electron chi connectivity index (χ4n) is 13.2. The zero-order valence-electron chi connectivity index (χ0n) is 62.9. The molecule has 6 N–H and O–H groups in total. The maximum absolute atomic E-state index is 11.3. The van der Waals surface area contributed by atoms with Gasteiger partial charge in [0.25, 0.3) is 0 Å². The number of carbonyl (C=O) groups excluding carboxylic acids is 1. The first kappa shape index (κ1) is 72.4. The van der Waals surface area contributed by atoms with E-state index in [9.17, 15) is 4.79 Å². The average Bonchev–Trinajstić information content (AvgIpc) is 1.63. The molecule has 1 amide bonds. The smallest absolute Gasteiger partial charge is 0.248 e. The van der Waals surface area contributed by atoms with Crippen LogP contribution in [0.1, 0.15) is 103 Å². The molecule has 6 aromatic carbocycles. The van der Waals surface area contributed by atoms with Gasteiger partial charge >= 0.3 is 0 Å². The summed E-state index contributed by atoms with van der Waals surface area (Å²) in [5.74, 6) is 3.57. The lowest BCUT2D eigenvalue weighted by Gasteiger charge is -2.11. The number of pyridine rings is 5. The molecule has 2 fully saturated rings. The van der Waals surface area contributed by atoms with Crippen LogP contribution in [-0.2, 0) is 5.54 Å². The van der Waals surface area contributed by atoms with Gasteiger partial charge in [-0.1, -0.05) is 36.4 Å². The van der Waals surface area contributed by atoms with Gasteiger partial charge in [-0.15, -0.1) is 0 Å². The van der Waals surface area contributed by atoms with Gasteiger partial charge < -0.3 is 36.1 Å². The molecule has 16 aromatic rings. The molecule has 2 aliphatic carbocycles. The second kappa shape index (κ2) is 31.4. The van der Waals surface area contributed by atoms with Crippen molar-refractivity contribution < 1.29 is 23.7 Å². The predicted octanol–water partition coefficient (Wildman–Crippen LogP) is 19.4. The Morgan fingerprint density at radius 3 is 0.973 bits per heavy atom. The molecule has 0 radical (unpaired) electrons. The lowest BCUT2D eigenvalue weighted by atomic mass is 10.0. The number of aromatic nitrogens is 11. The van der Waals surface area contributed by atoms with Gasteiger partial charge in [0.05, 0.1) is 84.2 Å². The summed E-state index contributed by atoms with van der Waals surface area (Å²) in [6.45, 7) is 16.2. The van der Waals surface area contributed by atoms with Crippen molar-refractivity contribution in [3.63, 3.8) is 0 Å². The fourth-order valence-corrected chi connectivity index (χ4v) is 13.2. The van der Waals surface area contributed by atoms with Crippen LogP contribution < -0.4 is 36.1 Å². The van der Waals surface area contributed by atoms with Gasteiger partial charge in [-0.25, -0.2) is 24.9 Å². The number of nitrogens with two attached hydrogens (primary N) is 3. The predicted molar refractivity (Wildman–Crippen MR) is 437 cm³/mol. The summed E-state index contributed by atoms with van der Waals surface area (Å²) in [6.07, 6.45) is 27.2. The molecule has 0 unspecified atom stereocenters. The SMILES string of the molecule is CC(C)Oc1ccc(-c2cnc3ccc(-c4ccc(C(N)=O)cc4)cn23)cc1.CC(C)Oc1ccc(-c2cnc3ccc(-c4ccc(C5(N)CC5)cc4)cn23)cc1.CC(C)Oc1ccc(-c2cnc3ccc(-c4ccc(N)nc4)cn23)cc1.CC(C)Oc1ccc(-c2cnc3ccc(-c4cnn(C5CC5)c4)cn23)cc1. The highest BCUT2D eigenvalue weighted by atomic mass is 16.5. The van der Waals surface area contributed by atoms with Gasteiger partial charge in [0, 0.05) is 92.8 Å². The van der Waals surface area contributed by atoms with E-state index in [1.54, 1.807) is 18.3 Å². The molecule has 552 valence electrons. The standard InChI is InChI=1S/C25H25N3O.C23H21N3O2.C22H22N4O.C21H20N4O/c1-17(2)29-22-10-5-19(6-11-22)23-15-27-24-12-7-20(16-28(23)24)18-3-8-21(9-4-18)25(26)13-14-25;1-15(2)28-20-10-7-17(8-11-20)21-13-25-22-12-9-19(14-26(21)22)16-3-5-18(6-4-16)23(24)27;1-15(2)27-20-8-3-16(4-9-20)21-12-23-22-10-5-17(13-25(21)22)18-11-24-26(14-18)19-6-7-19;1-14(2)26-18-7-3-15(4-8-18)19-12-24-21-10-6-17(13-25(19)21)16-5-9-20(22)23-11-16/h3-12,15-17H,13-14,26H2,1-2H3;3-15H,1-2H3,(H2,24,27);3-5,8-15,19H,6-7H2,1-2H3;3-14H,1-2H3,(H2,22,23). The number of rotatable bonds is 19. The summed E-state index contributed by atoms with van der Waals surface area (Å²) < 4.78 is 33.5. The van der Waals surface area contributed by atoms with Crippen LogP contribution in [0.25, 0.3) is 112 Å². The second-order valence-corrected chi connectivity index (χ2v) is 29.0. The molecular weight excluding hydrogens is 1370 g/mol. The van der Waals surface area contributed by atoms with Crippen LogP contribution in [0.3, 0.4) is 0 Å². The van der Waals surface area contributed by atoms with Gasteiger partial charge in [0.1, 0.15) is 51.4 Å². The third kappa shape index (κ3) is 16.7. The minimum absolute atomic E-state index is 0.0918. The Balaban J connectivity index is 0.000000117. The zero-order chi connectivity index (χ0) is 76.2. The number of imidazole rings is 4. The Hall–Kier alpha value is -13.1. The van der Waals surface area contributed by atoms with Crippen molar-refractivity contribution in [1.82, 2.24) is 52.3 Å². The Bertz CT molecular complexity index is 5850. The number of amides is 1. The number of hydrogen-bond donors (Lipinski definition) is 3. The topological polar surface area (TPSA) is 232 Å². The van der Waals surface area contributed by atoms with Crippen molar-refractivity contribution in [3.05, 3.63) is 286 Å². The van der Waals surface area contributed by atoms with E-state index in [1.165, 1.54) is 24.0 Å². The monoisotopic (exact) mass is 1460 g/mol. The molecule has 2 aliphatic rings. The number of benzene rings is 6. The van der Waals surface area contributed by atoms with E-state index in [0.717, 1.165) is 142 Å². The van der Waals surface area contributed by atoms with Crippen molar-refractivity contribution in [3.8, 4) is 113 Å². The molecule has 18 rings (SSSR count). The van der Waals surface area contributed by atoms with E-state index < -0.39 is 5.91 Å². The number of ether oxygens (including phenoxy) is 4. The normalized spacial score (nSPS) is 12.9. The van der Waals surface area contributed by atoms with E-state index in [4.69, 9.17) is 36.1 Å². The number of anilines is 1. The molecule has 0 saturated heterocycles. The van der Waals surface area contributed by atoms with Crippen LogP contribution in [0.15, 0.2) is 274 Å². The molecule has 19 nitrogen and oxygen atoms in total. The second-order valence-electron chi connectivity index (χ2n) is 29.0. The minimum Gasteiger partial charge on any atom is -0.491 e. The van der Waals surface area contributed by atoms with Crippen LogP contribution in [0.4, 0.5) is 5.82 Å². The zero-order valence-corrected chi connectivity index (χ0v) is 62.9. The van der Waals surface area contributed by atoms with Gasteiger partial charge in [0.15, 0.2) is 0 Å². The quantitative estimate of drug-likeness (QED) is 0.0684. The molecule has 110 heavy (non-hydrogen) atoms. The van der Waals surface area contributed by atoms with Crippen molar-refractivity contribution in [1.29, 1.82) is 0 Å². The van der Waals surface area contributed by atoms with Gasteiger partial charge in [-0.2, -0.15) is 5.10 Å². The van der Waals surface area contributed by atoms with Crippen LogP contribution in [0.5, 0.6) is 23.0 Å². The Morgan fingerprint density at radius 2 is 0.664 bits per heavy atom. The van der Waals surface area contributed by atoms with E-state index in [-0.39, 0.29) is 30.0 Å². The number of nitrogens with zero attached hydrogens (tertiary/aromatic N) is 11. The van der Waals surface area contributed by atoms with Crippen LogP contribution >= 0.6 is 0 Å². The molecule has 2 saturated carbocycles. The number of fused-ring (bicyclic) bond motifs is 4. The third-order valence-electron chi connectivity index (χ3n) is 19.2. The highest BCUT2D eigenvalue weighted by Gasteiger charge is 2.39. The molecule has 10 heterocycles. The van der Waals surface area contributed by atoms with Crippen LogP contribution in [0.2, 0.25) is 0 Å². The molecular formula is C91H88N14O5. The molecule has 19 heteroatoms. The Morgan fingerprint density at radius 1 is 0.355 bits per heavy atom. The van der Waals surface area contributed by atoms with Gasteiger partial charge in [-0.05, 0) is 279 Å². The minimum atomic E-state index is -0.427. The summed E-state index contributed by atoms with van der Waals surface area (Å²) in [5.41, 5.74) is 39.9. The van der Waals surface area contributed by atoms with Crippen molar-refractivity contribution in [2.45, 2.75) is 117 Å². The van der Waals surface area contributed by atoms with Crippen LogP contribution in [-0.4, -0.2) is 82.6 Å². The highest BCUT2D eigenvalue weighted by Crippen LogP contribution is 2.43. The van der Waals surface area contributed by atoms with E-state index in [0.29, 0.717) is 17.4 Å². The lowest BCUT2D eigenvalue weighted by Crippen LogP contribution is -2.18. The van der Waals surface area contributed by atoms with Gasteiger partial charge in [0.2, 0.25) is 5.91 Å². The van der Waals surface area contributed by atoms with Crippen molar-refractivity contribution in [2.24, 2.45) is 11.5 Å². The summed E-state index contributed by atoms with van der Waals surface area (Å²) >= 11 is 0. The lowest BCUT2D eigenvalue weighted by molar-refractivity contribution is 0.1000.